The first kappa shape index (κ1) is 13.8. The first-order valence-corrected chi connectivity index (χ1v) is 6.70. The van der Waals surface area contributed by atoms with Crippen molar-refractivity contribution in [2.45, 2.75) is 26.8 Å². The lowest BCUT2D eigenvalue weighted by Crippen LogP contribution is -2.33. The van der Waals surface area contributed by atoms with Crippen molar-refractivity contribution in [1.29, 1.82) is 0 Å². The van der Waals surface area contributed by atoms with E-state index in [1.54, 1.807) is 0 Å². The number of aromatic nitrogens is 2. The normalized spacial score (nSPS) is 16.6. The number of hydrogen-bond donors (Lipinski definition) is 2. The summed E-state index contributed by atoms with van der Waals surface area (Å²) in [6.45, 7) is 7.48. The zero-order valence-electron chi connectivity index (χ0n) is 11.5. The van der Waals surface area contributed by atoms with Gasteiger partial charge in [-0.1, -0.05) is 18.9 Å². The Hall–Kier alpha value is -1.63. The average Bonchev–Trinajstić information content (AvgIpc) is 2.71. The first-order valence-electron chi connectivity index (χ1n) is 6.70. The Morgan fingerprint density at radius 2 is 2.32 bits per heavy atom. The maximum absolute atomic E-state index is 11.5. The van der Waals surface area contributed by atoms with Gasteiger partial charge < -0.3 is 20.0 Å². The SMILES string of the molecule is CC(C)CNCc1nnc(N2CCCNC(=O)C2)o1. The van der Waals surface area contributed by atoms with Gasteiger partial charge in [-0.05, 0) is 18.9 Å². The molecule has 7 nitrogen and oxygen atoms in total. The van der Waals surface area contributed by atoms with Gasteiger partial charge in [0, 0.05) is 13.1 Å². The van der Waals surface area contributed by atoms with Gasteiger partial charge in [0.1, 0.15) is 6.54 Å². The fourth-order valence-corrected chi connectivity index (χ4v) is 1.88. The van der Waals surface area contributed by atoms with Gasteiger partial charge in [0.15, 0.2) is 0 Å². The zero-order chi connectivity index (χ0) is 13.7. The molecule has 1 aliphatic heterocycles. The first-order chi connectivity index (χ1) is 9.15. The number of rotatable bonds is 5. The van der Waals surface area contributed by atoms with E-state index in [1.807, 2.05) is 4.90 Å². The Morgan fingerprint density at radius 1 is 1.47 bits per heavy atom. The zero-order valence-corrected chi connectivity index (χ0v) is 11.5. The number of carbonyl (C=O) groups is 1. The Bertz CT molecular complexity index is 418. The largest absolute Gasteiger partial charge is 0.407 e. The monoisotopic (exact) mass is 267 g/mol. The number of nitrogens with zero attached hydrogens (tertiary/aromatic N) is 3. The molecule has 1 amide bonds. The molecule has 106 valence electrons. The van der Waals surface area contributed by atoms with Crippen LogP contribution >= 0.6 is 0 Å². The molecule has 1 aromatic heterocycles. The maximum atomic E-state index is 11.5. The molecule has 0 atom stereocenters. The summed E-state index contributed by atoms with van der Waals surface area (Å²) in [6.07, 6.45) is 0.884. The molecule has 0 saturated carbocycles. The summed E-state index contributed by atoms with van der Waals surface area (Å²) in [4.78, 5) is 13.3. The van der Waals surface area contributed by atoms with Crippen molar-refractivity contribution in [2.24, 2.45) is 5.92 Å². The van der Waals surface area contributed by atoms with Crippen LogP contribution in [-0.4, -0.2) is 42.3 Å². The third-order valence-corrected chi connectivity index (χ3v) is 2.82. The molecule has 0 spiro atoms. The van der Waals surface area contributed by atoms with E-state index in [0.717, 1.165) is 19.5 Å². The van der Waals surface area contributed by atoms with Gasteiger partial charge in [0.2, 0.25) is 11.8 Å². The van der Waals surface area contributed by atoms with E-state index >= 15 is 0 Å². The smallest absolute Gasteiger partial charge is 0.318 e. The summed E-state index contributed by atoms with van der Waals surface area (Å²) in [5.74, 6) is 1.13. The molecule has 1 fully saturated rings. The molecule has 7 heteroatoms. The lowest BCUT2D eigenvalue weighted by Gasteiger charge is -2.14. The van der Waals surface area contributed by atoms with E-state index in [9.17, 15) is 4.79 Å². The van der Waals surface area contributed by atoms with Crippen LogP contribution in [0, 0.1) is 5.92 Å². The van der Waals surface area contributed by atoms with Gasteiger partial charge in [-0.3, -0.25) is 4.79 Å². The van der Waals surface area contributed by atoms with Crippen molar-refractivity contribution in [3.05, 3.63) is 5.89 Å². The molecule has 0 aromatic carbocycles. The van der Waals surface area contributed by atoms with Crippen molar-refractivity contribution in [3.8, 4) is 0 Å². The van der Waals surface area contributed by atoms with Gasteiger partial charge in [0.25, 0.3) is 0 Å². The minimum Gasteiger partial charge on any atom is -0.407 e. The molecular formula is C12H21N5O2. The molecule has 2 rings (SSSR count). The van der Waals surface area contributed by atoms with E-state index in [0.29, 0.717) is 30.9 Å². The molecule has 2 N–H and O–H groups in total. The lowest BCUT2D eigenvalue weighted by atomic mass is 10.2. The van der Waals surface area contributed by atoms with E-state index in [1.165, 1.54) is 0 Å². The number of anilines is 1. The van der Waals surface area contributed by atoms with Gasteiger partial charge in [0.05, 0.1) is 6.54 Å². The standard InChI is InChI=1S/C12H21N5O2/c1-9(2)6-13-7-11-15-16-12(19-11)17-5-3-4-14-10(18)8-17/h9,13H,3-8H2,1-2H3,(H,14,18). The van der Waals surface area contributed by atoms with Crippen LogP contribution in [0.3, 0.4) is 0 Å². The number of amides is 1. The maximum Gasteiger partial charge on any atom is 0.318 e. The summed E-state index contributed by atoms with van der Waals surface area (Å²) in [5.41, 5.74) is 0. The van der Waals surface area contributed by atoms with Gasteiger partial charge in [-0.2, -0.15) is 0 Å². The molecule has 1 aromatic rings. The van der Waals surface area contributed by atoms with Crippen LogP contribution in [0.25, 0.3) is 0 Å². The van der Waals surface area contributed by atoms with Crippen molar-refractivity contribution >= 4 is 11.9 Å². The molecule has 0 aliphatic carbocycles. The molecule has 0 unspecified atom stereocenters. The molecule has 19 heavy (non-hydrogen) atoms. The Balaban J connectivity index is 1.90. The third-order valence-electron chi connectivity index (χ3n) is 2.82. The average molecular weight is 267 g/mol. The highest BCUT2D eigenvalue weighted by atomic mass is 16.4. The van der Waals surface area contributed by atoms with Crippen molar-refractivity contribution in [1.82, 2.24) is 20.8 Å². The van der Waals surface area contributed by atoms with Crippen LogP contribution in [0.15, 0.2) is 4.42 Å². The fraction of sp³-hybridized carbons (Fsp3) is 0.750. The summed E-state index contributed by atoms with van der Waals surface area (Å²) >= 11 is 0. The number of carbonyl (C=O) groups excluding carboxylic acids is 1. The van der Waals surface area contributed by atoms with E-state index in [-0.39, 0.29) is 12.5 Å². The summed E-state index contributed by atoms with van der Waals surface area (Å²) in [6, 6.07) is 0.429. The van der Waals surface area contributed by atoms with Crippen LogP contribution in [0.5, 0.6) is 0 Å². The molecule has 0 bridgehead atoms. The highest BCUT2D eigenvalue weighted by molar-refractivity contribution is 5.80. The minimum atomic E-state index is -0.00446. The highest BCUT2D eigenvalue weighted by Gasteiger charge is 2.19. The van der Waals surface area contributed by atoms with Crippen LogP contribution < -0.4 is 15.5 Å². The minimum absolute atomic E-state index is 0.00446. The van der Waals surface area contributed by atoms with Gasteiger partial charge in [-0.25, -0.2) is 0 Å². The Kier molecular flexibility index (Phi) is 4.73. The van der Waals surface area contributed by atoms with E-state index in [4.69, 9.17) is 4.42 Å². The Morgan fingerprint density at radius 3 is 3.11 bits per heavy atom. The quantitative estimate of drug-likeness (QED) is 0.789. The van der Waals surface area contributed by atoms with E-state index < -0.39 is 0 Å². The predicted octanol–water partition coefficient (Wildman–Crippen LogP) is 0.142. The molecule has 0 radical (unpaired) electrons. The van der Waals surface area contributed by atoms with E-state index in [2.05, 4.69) is 34.7 Å². The molecule has 2 heterocycles. The summed E-state index contributed by atoms with van der Waals surface area (Å²) < 4.78 is 5.57. The van der Waals surface area contributed by atoms with Gasteiger partial charge >= 0.3 is 6.01 Å². The van der Waals surface area contributed by atoms with Crippen LogP contribution in [-0.2, 0) is 11.3 Å². The Labute approximate surface area is 112 Å². The third kappa shape index (κ3) is 4.20. The second-order valence-corrected chi connectivity index (χ2v) is 5.13. The van der Waals surface area contributed by atoms with Crippen molar-refractivity contribution in [2.75, 3.05) is 31.1 Å². The molecule has 1 aliphatic rings. The number of nitrogens with one attached hydrogen (secondary N) is 2. The second-order valence-electron chi connectivity index (χ2n) is 5.13. The molecular weight excluding hydrogens is 246 g/mol. The fourth-order valence-electron chi connectivity index (χ4n) is 1.88. The van der Waals surface area contributed by atoms with Crippen LogP contribution in [0.1, 0.15) is 26.2 Å². The van der Waals surface area contributed by atoms with Crippen molar-refractivity contribution in [3.63, 3.8) is 0 Å². The van der Waals surface area contributed by atoms with Crippen LogP contribution in [0.4, 0.5) is 6.01 Å². The second kappa shape index (κ2) is 6.51. The highest BCUT2D eigenvalue weighted by Crippen LogP contribution is 2.13. The van der Waals surface area contributed by atoms with Crippen molar-refractivity contribution < 1.29 is 9.21 Å². The number of hydrogen-bond acceptors (Lipinski definition) is 6. The summed E-state index contributed by atoms with van der Waals surface area (Å²) in [5, 5.41) is 14.1. The lowest BCUT2D eigenvalue weighted by molar-refractivity contribution is -0.119. The molecule has 1 saturated heterocycles. The van der Waals surface area contributed by atoms with Crippen LogP contribution in [0.2, 0.25) is 0 Å². The van der Waals surface area contributed by atoms with Gasteiger partial charge in [-0.15, -0.1) is 5.10 Å². The topological polar surface area (TPSA) is 83.3 Å². The predicted molar refractivity (Wildman–Crippen MR) is 70.7 cm³/mol. The summed E-state index contributed by atoms with van der Waals surface area (Å²) in [7, 11) is 0.